The molecule has 0 radical (unpaired) electrons. The molecule has 0 aliphatic carbocycles. The largest absolute Gasteiger partial charge is 0.378 e. The van der Waals surface area contributed by atoms with Crippen LogP contribution in [0.25, 0.3) is 17.0 Å². The fourth-order valence-electron chi connectivity index (χ4n) is 3.34. The zero-order valence-electron chi connectivity index (χ0n) is 16.4. The number of halogens is 2. The van der Waals surface area contributed by atoms with Crippen molar-refractivity contribution in [3.63, 3.8) is 0 Å². The topological polar surface area (TPSA) is 78.2 Å². The van der Waals surface area contributed by atoms with Crippen LogP contribution in [0.15, 0.2) is 54.1 Å². The summed E-state index contributed by atoms with van der Waals surface area (Å²) < 4.78 is 5.45. The van der Waals surface area contributed by atoms with Gasteiger partial charge < -0.3 is 15.0 Å². The molecule has 4 rings (SSSR count). The number of aromatic nitrogens is 1. The van der Waals surface area contributed by atoms with E-state index in [1.165, 1.54) is 6.07 Å². The predicted octanol–water partition coefficient (Wildman–Crippen LogP) is 4.92. The Morgan fingerprint density at radius 3 is 2.71 bits per heavy atom. The molecule has 0 saturated carbocycles. The van der Waals surface area contributed by atoms with Gasteiger partial charge in [0.25, 0.3) is 5.91 Å². The lowest BCUT2D eigenvalue weighted by Crippen LogP contribution is -2.37. The second kappa shape index (κ2) is 9.36. The van der Waals surface area contributed by atoms with E-state index in [9.17, 15) is 10.1 Å². The molecule has 1 aliphatic rings. The summed E-state index contributed by atoms with van der Waals surface area (Å²) in [6.45, 7) is 2.55. The molecule has 3 aromatic rings. The molecule has 31 heavy (non-hydrogen) atoms. The van der Waals surface area contributed by atoms with Gasteiger partial charge in [0, 0.05) is 29.1 Å². The molecule has 6 nitrogen and oxygen atoms in total. The van der Waals surface area contributed by atoms with Gasteiger partial charge in [-0.05, 0) is 36.4 Å². The number of carbonyl (C=O) groups is 1. The SMILES string of the molecule is N#C/C(=C\c1cc2ccccc2nc1N1CCOCC1)C(=O)Nc1cc(Cl)ccc1Cl. The summed E-state index contributed by atoms with van der Waals surface area (Å²) in [4.78, 5) is 19.7. The zero-order chi connectivity index (χ0) is 21.8. The van der Waals surface area contributed by atoms with Crippen LogP contribution in [0.1, 0.15) is 5.56 Å². The molecule has 0 spiro atoms. The first-order chi connectivity index (χ1) is 15.0. The predicted molar refractivity (Wildman–Crippen MR) is 123 cm³/mol. The van der Waals surface area contributed by atoms with Gasteiger partial charge in [-0.1, -0.05) is 41.4 Å². The first kappa shape index (κ1) is 21.1. The van der Waals surface area contributed by atoms with E-state index in [1.54, 1.807) is 18.2 Å². The molecule has 1 aromatic heterocycles. The highest BCUT2D eigenvalue weighted by molar-refractivity contribution is 6.36. The van der Waals surface area contributed by atoms with Crippen LogP contribution in [0.3, 0.4) is 0 Å². The number of para-hydroxylation sites is 1. The zero-order valence-corrected chi connectivity index (χ0v) is 18.0. The molecule has 1 N–H and O–H groups in total. The number of hydrogen-bond acceptors (Lipinski definition) is 5. The third kappa shape index (κ3) is 4.80. The van der Waals surface area contributed by atoms with Crippen molar-refractivity contribution < 1.29 is 9.53 Å². The number of amides is 1. The second-order valence-electron chi connectivity index (χ2n) is 6.94. The van der Waals surface area contributed by atoms with E-state index in [1.807, 2.05) is 36.4 Å². The van der Waals surface area contributed by atoms with Crippen LogP contribution in [0, 0.1) is 11.3 Å². The van der Waals surface area contributed by atoms with Crippen LogP contribution in [0.2, 0.25) is 10.0 Å². The van der Waals surface area contributed by atoms with Gasteiger partial charge in [-0.15, -0.1) is 0 Å². The van der Waals surface area contributed by atoms with E-state index in [0.717, 1.165) is 10.9 Å². The summed E-state index contributed by atoms with van der Waals surface area (Å²) in [5, 5.41) is 14.0. The number of pyridine rings is 1. The van der Waals surface area contributed by atoms with Crippen molar-refractivity contribution in [2.24, 2.45) is 0 Å². The summed E-state index contributed by atoms with van der Waals surface area (Å²) >= 11 is 12.1. The Hall–Kier alpha value is -3.11. The van der Waals surface area contributed by atoms with Crippen molar-refractivity contribution in [3.8, 4) is 6.07 Å². The summed E-state index contributed by atoms with van der Waals surface area (Å²) in [6, 6.07) is 16.4. The van der Waals surface area contributed by atoms with E-state index < -0.39 is 5.91 Å². The number of morpholine rings is 1. The monoisotopic (exact) mass is 452 g/mol. The molecular weight excluding hydrogens is 435 g/mol. The average Bonchev–Trinajstić information content (AvgIpc) is 2.79. The number of anilines is 2. The van der Waals surface area contributed by atoms with Crippen LogP contribution >= 0.6 is 23.2 Å². The fourth-order valence-corrected chi connectivity index (χ4v) is 3.68. The van der Waals surface area contributed by atoms with Crippen molar-refractivity contribution in [2.75, 3.05) is 36.5 Å². The molecule has 2 aromatic carbocycles. The maximum atomic E-state index is 12.8. The Bertz CT molecular complexity index is 1210. The molecule has 1 saturated heterocycles. The number of carbonyl (C=O) groups excluding carboxylic acids is 1. The second-order valence-corrected chi connectivity index (χ2v) is 7.79. The van der Waals surface area contributed by atoms with Gasteiger partial charge in [0.05, 0.1) is 29.4 Å². The summed E-state index contributed by atoms with van der Waals surface area (Å²) in [5.41, 5.74) is 1.80. The van der Waals surface area contributed by atoms with Crippen LogP contribution in [-0.2, 0) is 9.53 Å². The Morgan fingerprint density at radius 2 is 1.94 bits per heavy atom. The smallest absolute Gasteiger partial charge is 0.266 e. The Labute approximate surface area is 189 Å². The molecule has 1 aliphatic heterocycles. The minimum atomic E-state index is -0.576. The van der Waals surface area contributed by atoms with Gasteiger partial charge in [-0.2, -0.15) is 5.26 Å². The molecular formula is C23H18Cl2N4O2. The highest BCUT2D eigenvalue weighted by atomic mass is 35.5. The first-order valence-corrected chi connectivity index (χ1v) is 10.4. The van der Waals surface area contributed by atoms with Crippen LogP contribution < -0.4 is 10.2 Å². The summed E-state index contributed by atoms with van der Waals surface area (Å²) in [5.74, 6) is 0.135. The molecule has 0 bridgehead atoms. The maximum Gasteiger partial charge on any atom is 0.266 e. The standard InChI is InChI=1S/C23H18Cl2N4O2/c24-18-5-6-19(25)21(13-18)28-23(30)17(14-26)12-16-11-15-3-1-2-4-20(15)27-22(16)29-7-9-31-10-8-29/h1-6,11-13H,7-10H2,(H,28,30)/b17-12+. The van der Waals surface area contributed by atoms with Gasteiger partial charge >= 0.3 is 0 Å². The maximum absolute atomic E-state index is 12.8. The highest BCUT2D eigenvalue weighted by Gasteiger charge is 2.19. The summed E-state index contributed by atoms with van der Waals surface area (Å²) in [7, 11) is 0. The lowest BCUT2D eigenvalue weighted by molar-refractivity contribution is -0.112. The molecule has 156 valence electrons. The van der Waals surface area contributed by atoms with E-state index in [4.69, 9.17) is 32.9 Å². The fraction of sp³-hybridized carbons (Fsp3) is 0.174. The van der Waals surface area contributed by atoms with Crippen LogP contribution in [0.5, 0.6) is 0 Å². The number of hydrogen-bond donors (Lipinski definition) is 1. The van der Waals surface area contributed by atoms with E-state index in [-0.39, 0.29) is 5.57 Å². The number of ether oxygens (including phenoxy) is 1. The Balaban J connectivity index is 1.73. The number of nitrogens with zero attached hydrogens (tertiary/aromatic N) is 3. The van der Waals surface area contributed by atoms with Gasteiger partial charge in [-0.3, -0.25) is 4.79 Å². The highest BCUT2D eigenvalue weighted by Crippen LogP contribution is 2.28. The number of nitrogens with one attached hydrogen (secondary N) is 1. The molecule has 1 amide bonds. The van der Waals surface area contributed by atoms with Crippen LogP contribution in [0.4, 0.5) is 11.5 Å². The number of fused-ring (bicyclic) bond motifs is 1. The van der Waals surface area contributed by atoms with Crippen molar-refractivity contribution >= 4 is 57.6 Å². The lowest BCUT2D eigenvalue weighted by atomic mass is 10.1. The minimum absolute atomic E-state index is 0.0670. The van der Waals surface area contributed by atoms with E-state index >= 15 is 0 Å². The van der Waals surface area contributed by atoms with Crippen molar-refractivity contribution in [2.45, 2.75) is 0 Å². The van der Waals surface area contributed by atoms with E-state index in [0.29, 0.717) is 53.4 Å². The molecule has 8 heteroatoms. The minimum Gasteiger partial charge on any atom is -0.378 e. The number of benzene rings is 2. The first-order valence-electron chi connectivity index (χ1n) is 9.66. The lowest BCUT2D eigenvalue weighted by Gasteiger charge is -2.29. The number of rotatable bonds is 4. The third-order valence-electron chi connectivity index (χ3n) is 4.88. The van der Waals surface area contributed by atoms with Crippen molar-refractivity contribution in [1.82, 2.24) is 4.98 Å². The van der Waals surface area contributed by atoms with Crippen molar-refractivity contribution in [1.29, 1.82) is 5.26 Å². The average molecular weight is 453 g/mol. The quantitative estimate of drug-likeness (QED) is 0.448. The Morgan fingerprint density at radius 1 is 1.16 bits per heavy atom. The number of nitriles is 1. The molecule has 0 unspecified atom stereocenters. The molecule has 0 atom stereocenters. The normalized spacial score (nSPS) is 14.4. The molecule has 1 fully saturated rings. The van der Waals surface area contributed by atoms with Gasteiger partial charge in [0.2, 0.25) is 0 Å². The van der Waals surface area contributed by atoms with Crippen LogP contribution in [-0.4, -0.2) is 37.2 Å². The Kier molecular flexibility index (Phi) is 6.38. The third-order valence-corrected chi connectivity index (χ3v) is 5.45. The van der Waals surface area contributed by atoms with Gasteiger partial charge in [-0.25, -0.2) is 4.98 Å². The van der Waals surface area contributed by atoms with Gasteiger partial charge in [0.15, 0.2) is 0 Å². The van der Waals surface area contributed by atoms with Gasteiger partial charge in [0.1, 0.15) is 17.5 Å². The van der Waals surface area contributed by atoms with E-state index in [2.05, 4.69) is 10.2 Å². The van der Waals surface area contributed by atoms with Crippen molar-refractivity contribution in [3.05, 3.63) is 69.7 Å². The summed E-state index contributed by atoms with van der Waals surface area (Å²) in [6.07, 6.45) is 1.55. The molecule has 2 heterocycles.